The second kappa shape index (κ2) is 7.06. The summed E-state index contributed by atoms with van der Waals surface area (Å²) >= 11 is 0. The van der Waals surface area contributed by atoms with Gasteiger partial charge in [-0.05, 0) is 37.5 Å². The number of methoxy groups -OCH3 is 1. The van der Waals surface area contributed by atoms with Gasteiger partial charge in [-0.2, -0.15) is 0 Å². The highest BCUT2D eigenvalue weighted by atomic mass is 16.5. The van der Waals surface area contributed by atoms with Crippen LogP contribution in [0.5, 0.6) is 0 Å². The molecule has 1 aliphatic heterocycles. The molecule has 1 atom stereocenters. The number of ether oxygens (including phenoxy) is 1. The Bertz CT molecular complexity index is 585. The average molecular weight is 304 g/mol. The monoisotopic (exact) mass is 304 g/mol. The second-order valence-electron chi connectivity index (χ2n) is 5.39. The number of nitrogens with two attached hydrogens (primary N) is 1. The summed E-state index contributed by atoms with van der Waals surface area (Å²) in [7, 11) is 1.30. The smallest absolute Gasteiger partial charge is 0.337 e. The van der Waals surface area contributed by atoms with Crippen LogP contribution in [0.1, 0.15) is 46.4 Å². The largest absolute Gasteiger partial charge is 0.465 e. The van der Waals surface area contributed by atoms with E-state index in [9.17, 15) is 14.4 Å². The molecule has 0 bridgehead atoms. The number of carbonyl (C=O) groups is 3. The lowest BCUT2D eigenvalue weighted by atomic mass is 9.97. The third kappa shape index (κ3) is 3.63. The van der Waals surface area contributed by atoms with Crippen LogP contribution in [-0.2, 0) is 9.53 Å². The van der Waals surface area contributed by atoms with Crippen molar-refractivity contribution in [3.05, 3.63) is 35.4 Å². The Labute approximate surface area is 129 Å². The SMILES string of the molecule is COC(=O)c1cccc(C(=O)N2CCCCC2CC(N)=O)c1. The molecule has 118 valence electrons. The minimum Gasteiger partial charge on any atom is -0.465 e. The van der Waals surface area contributed by atoms with Crippen molar-refractivity contribution in [2.24, 2.45) is 5.73 Å². The molecule has 22 heavy (non-hydrogen) atoms. The summed E-state index contributed by atoms with van der Waals surface area (Å²) in [5, 5.41) is 0. The second-order valence-corrected chi connectivity index (χ2v) is 5.39. The van der Waals surface area contributed by atoms with Crippen LogP contribution in [0.3, 0.4) is 0 Å². The Kier molecular flexibility index (Phi) is 5.14. The maximum absolute atomic E-state index is 12.7. The van der Waals surface area contributed by atoms with Gasteiger partial charge in [-0.1, -0.05) is 6.07 Å². The number of amides is 2. The summed E-state index contributed by atoms with van der Waals surface area (Å²) in [6.07, 6.45) is 2.81. The summed E-state index contributed by atoms with van der Waals surface area (Å²) in [6, 6.07) is 6.25. The van der Waals surface area contributed by atoms with E-state index in [1.54, 1.807) is 23.1 Å². The van der Waals surface area contributed by atoms with Gasteiger partial charge in [0, 0.05) is 24.6 Å². The van der Waals surface area contributed by atoms with Crippen LogP contribution < -0.4 is 5.73 Å². The number of carbonyl (C=O) groups excluding carboxylic acids is 3. The molecule has 2 N–H and O–H groups in total. The van der Waals surface area contributed by atoms with Crippen LogP contribution >= 0.6 is 0 Å². The van der Waals surface area contributed by atoms with Gasteiger partial charge in [0.05, 0.1) is 12.7 Å². The zero-order valence-electron chi connectivity index (χ0n) is 12.6. The van der Waals surface area contributed by atoms with Crippen LogP contribution in [0.15, 0.2) is 24.3 Å². The number of likely N-dealkylation sites (tertiary alicyclic amines) is 1. The fourth-order valence-corrected chi connectivity index (χ4v) is 2.78. The molecular weight excluding hydrogens is 284 g/mol. The number of primary amides is 1. The van der Waals surface area contributed by atoms with E-state index < -0.39 is 11.9 Å². The normalized spacial score (nSPS) is 17.9. The quantitative estimate of drug-likeness (QED) is 0.850. The predicted octanol–water partition coefficient (Wildman–Crippen LogP) is 1.34. The van der Waals surface area contributed by atoms with E-state index in [1.807, 2.05) is 0 Å². The Morgan fingerprint density at radius 2 is 2.00 bits per heavy atom. The minimum absolute atomic E-state index is 0.166. The molecule has 6 heteroatoms. The van der Waals surface area contributed by atoms with Gasteiger partial charge in [-0.15, -0.1) is 0 Å². The van der Waals surface area contributed by atoms with Crippen LogP contribution in [0.25, 0.3) is 0 Å². The van der Waals surface area contributed by atoms with Crippen LogP contribution in [0.4, 0.5) is 0 Å². The highest BCUT2D eigenvalue weighted by Gasteiger charge is 2.28. The lowest BCUT2D eigenvalue weighted by Crippen LogP contribution is -2.45. The third-order valence-electron chi connectivity index (χ3n) is 3.86. The van der Waals surface area contributed by atoms with Crippen molar-refractivity contribution in [1.82, 2.24) is 4.90 Å². The molecule has 6 nitrogen and oxygen atoms in total. The Morgan fingerprint density at radius 1 is 1.27 bits per heavy atom. The van der Waals surface area contributed by atoms with Crippen molar-refractivity contribution >= 4 is 17.8 Å². The van der Waals surface area contributed by atoms with E-state index in [0.717, 1.165) is 19.3 Å². The van der Waals surface area contributed by atoms with Crippen molar-refractivity contribution < 1.29 is 19.1 Å². The molecule has 0 radical (unpaired) electrons. The van der Waals surface area contributed by atoms with E-state index >= 15 is 0 Å². The van der Waals surface area contributed by atoms with Gasteiger partial charge >= 0.3 is 5.97 Å². The van der Waals surface area contributed by atoms with Gasteiger partial charge < -0.3 is 15.4 Å². The van der Waals surface area contributed by atoms with Gasteiger partial charge in [-0.25, -0.2) is 4.79 Å². The summed E-state index contributed by atoms with van der Waals surface area (Å²) in [6.45, 7) is 0.596. The number of nitrogens with zero attached hydrogens (tertiary/aromatic N) is 1. The number of benzene rings is 1. The molecule has 1 saturated heterocycles. The van der Waals surface area contributed by atoms with Gasteiger partial charge in [-0.3, -0.25) is 9.59 Å². The van der Waals surface area contributed by atoms with Crippen molar-refractivity contribution in [2.45, 2.75) is 31.7 Å². The Balaban J connectivity index is 2.21. The highest BCUT2D eigenvalue weighted by Crippen LogP contribution is 2.22. The first-order valence-corrected chi connectivity index (χ1v) is 7.30. The fourth-order valence-electron chi connectivity index (χ4n) is 2.78. The van der Waals surface area contributed by atoms with Crippen molar-refractivity contribution in [2.75, 3.05) is 13.7 Å². The maximum atomic E-state index is 12.7. The van der Waals surface area contributed by atoms with Crippen LogP contribution in [0.2, 0.25) is 0 Å². The number of esters is 1. The molecule has 1 aliphatic rings. The Hall–Kier alpha value is -2.37. The summed E-state index contributed by atoms with van der Waals surface area (Å²) in [4.78, 5) is 37.1. The van der Waals surface area contributed by atoms with Gasteiger partial charge in [0.2, 0.25) is 5.91 Å². The zero-order valence-corrected chi connectivity index (χ0v) is 12.6. The minimum atomic E-state index is -0.484. The molecule has 1 aromatic carbocycles. The first kappa shape index (κ1) is 16.0. The molecular formula is C16H20N2O4. The number of rotatable bonds is 4. The van der Waals surface area contributed by atoms with Crippen LogP contribution in [0, 0.1) is 0 Å². The first-order valence-electron chi connectivity index (χ1n) is 7.30. The molecule has 1 fully saturated rings. The van der Waals surface area contributed by atoms with Gasteiger partial charge in [0.1, 0.15) is 0 Å². The average Bonchev–Trinajstić information content (AvgIpc) is 2.53. The molecule has 1 aromatic rings. The summed E-state index contributed by atoms with van der Waals surface area (Å²) in [5.74, 6) is -1.08. The molecule has 1 heterocycles. The summed E-state index contributed by atoms with van der Waals surface area (Å²) in [5.41, 5.74) is 6.01. The van der Waals surface area contributed by atoms with E-state index in [2.05, 4.69) is 4.74 Å². The lowest BCUT2D eigenvalue weighted by Gasteiger charge is -2.35. The standard InChI is InChI=1S/C16H20N2O4/c1-22-16(21)12-6-4-5-11(9-12)15(20)18-8-3-2-7-13(18)10-14(17)19/h4-6,9,13H,2-3,7-8,10H2,1H3,(H2,17,19). The molecule has 0 saturated carbocycles. The molecule has 2 amide bonds. The zero-order chi connectivity index (χ0) is 16.1. The Morgan fingerprint density at radius 3 is 2.68 bits per heavy atom. The van der Waals surface area contributed by atoms with E-state index in [4.69, 9.17) is 5.73 Å². The van der Waals surface area contributed by atoms with Gasteiger partial charge in [0.25, 0.3) is 5.91 Å². The summed E-state index contributed by atoms with van der Waals surface area (Å²) < 4.78 is 4.67. The molecule has 1 unspecified atom stereocenters. The fraction of sp³-hybridized carbons (Fsp3) is 0.438. The molecule has 0 aliphatic carbocycles. The first-order chi connectivity index (χ1) is 10.5. The lowest BCUT2D eigenvalue weighted by molar-refractivity contribution is -0.119. The highest BCUT2D eigenvalue weighted by molar-refractivity contribution is 5.98. The van der Waals surface area contributed by atoms with E-state index in [-0.39, 0.29) is 18.4 Å². The number of piperidine rings is 1. The number of hydrogen-bond donors (Lipinski definition) is 1. The van der Waals surface area contributed by atoms with E-state index in [1.165, 1.54) is 13.2 Å². The predicted molar refractivity (Wildman–Crippen MR) is 80.3 cm³/mol. The van der Waals surface area contributed by atoms with Crippen molar-refractivity contribution in [1.29, 1.82) is 0 Å². The van der Waals surface area contributed by atoms with Crippen molar-refractivity contribution in [3.63, 3.8) is 0 Å². The third-order valence-corrected chi connectivity index (χ3v) is 3.86. The van der Waals surface area contributed by atoms with Crippen LogP contribution in [-0.4, -0.2) is 42.4 Å². The van der Waals surface area contributed by atoms with Crippen molar-refractivity contribution in [3.8, 4) is 0 Å². The molecule has 0 aromatic heterocycles. The molecule has 0 spiro atoms. The topological polar surface area (TPSA) is 89.7 Å². The van der Waals surface area contributed by atoms with E-state index in [0.29, 0.717) is 17.7 Å². The maximum Gasteiger partial charge on any atom is 0.337 e. The number of hydrogen-bond acceptors (Lipinski definition) is 4. The molecule has 2 rings (SSSR count). The van der Waals surface area contributed by atoms with Gasteiger partial charge in [0.15, 0.2) is 0 Å².